The summed E-state index contributed by atoms with van der Waals surface area (Å²) < 4.78 is 27.1. The van der Waals surface area contributed by atoms with Crippen LogP contribution < -0.4 is 10.2 Å². The molecule has 0 saturated carbocycles. The minimum absolute atomic E-state index is 0.132. The molecule has 156 valence electrons. The summed E-state index contributed by atoms with van der Waals surface area (Å²) in [6, 6.07) is 4.47. The van der Waals surface area contributed by atoms with E-state index in [1.165, 1.54) is 19.4 Å². The van der Waals surface area contributed by atoms with E-state index in [0.717, 1.165) is 0 Å². The van der Waals surface area contributed by atoms with Gasteiger partial charge in [0.1, 0.15) is 59.1 Å². The second-order valence-electron chi connectivity index (χ2n) is 6.70. The summed E-state index contributed by atoms with van der Waals surface area (Å²) in [5.41, 5.74) is 0.340. The molecule has 10 heteroatoms. The lowest BCUT2D eigenvalue weighted by molar-refractivity contribution is -0.304. The third kappa shape index (κ3) is 3.39. The van der Waals surface area contributed by atoms with Crippen molar-refractivity contribution < 1.29 is 43.5 Å². The number of fused-ring (bicyclic) bond motifs is 2. The van der Waals surface area contributed by atoms with Gasteiger partial charge in [-0.3, -0.25) is 4.79 Å². The average Bonchev–Trinajstić information content (AvgIpc) is 3.18. The normalized spacial score (nSPS) is 27.6. The Kier molecular flexibility index (Phi) is 5.30. The fourth-order valence-corrected chi connectivity index (χ4v) is 3.41. The maximum Gasteiger partial charge on any atom is 0.196 e. The molecule has 1 aliphatic heterocycles. The van der Waals surface area contributed by atoms with Crippen molar-refractivity contribution in [3.05, 3.63) is 40.4 Å². The van der Waals surface area contributed by atoms with Crippen LogP contribution in [0, 0.1) is 0 Å². The summed E-state index contributed by atoms with van der Waals surface area (Å²) in [6.45, 7) is -0.846. The fraction of sp³-hybridized carbons (Fsp3) is 0.421. The Morgan fingerprint density at radius 1 is 1.10 bits per heavy atom. The zero-order chi connectivity index (χ0) is 20.7. The number of ether oxygens (including phenoxy) is 3. The molecular formula is C19H20O10. The standard InChI is InChI=1S/C19H20O10/c1-25-18-9-2-3-26-11(9)5-12-14(18)10(21)4-8(28-12)7-27-19-17(24)16(23)15(22)13(6-20)29-19/h2-5,13,15-17,19-20,22-24H,6-7H2,1H3/t13-,15-,16+,17-,19-/m0/s1. The van der Waals surface area contributed by atoms with Crippen LogP contribution in [0.15, 0.2) is 38.1 Å². The molecule has 29 heavy (non-hydrogen) atoms. The number of aliphatic hydroxyl groups is 4. The average molecular weight is 408 g/mol. The third-order valence-corrected chi connectivity index (χ3v) is 4.90. The summed E-state index contributed by atoms with van der Waals surface area (Å²) in [5, 5.41) is 39.8. The molecule has 0 aliphatic carbocycles. The Balaban J connectivity index is 1.62. The van der Waals surface area contributed by atoms with Crippen LogP contribution in [-0.2, 0) is 16.1 Å². The molecule has 3 heterocycles. The van der Waals surface area contributed by atoms with Crippen molar-refractivity contribution >= 4 is 21.9 Å². The predicted molar refractivity (Wildman–Crippen MR) is 97.4 cm³/mol. The number of methoxy groups -OCH3 is 1. The summed E-state index contributed by atoms with van der Waals surface area (Å²) in [5.74, 6) is 0.467. The molecule has 1 saturated heterocycles. The van der Waals surface area contributed by atoms with E-state index in [4.69, 9.17) is 23.0 Å². The second-order valence-corrected chi connectivity index (χ2v) is 6.70. The number of aliphatic hydroxyl groups excluding tert-OH is 4. The largest absolute Gasteiger partial charge is 0.495 e. The SMILES string of the molecule is COc1c2ccoc2cc2oc(CO[C@H]3O[C@@H](CO)[C@H](O)[C@@H](O)[C@@H]3O)cc(=O)c12. The van der Waals surface area contributed by atoms with Crippen molar-refractivity contribution in [1.29, 1.82) is 0 Å². The summed E-state index contributed by atoms with van der Waals surface area (Å²) >= 11 is 0. The fourth-order valence-electron chi connectivity index (χ4n) is 3.41. The molecule has 10 nitrogen and oxygen atoms in total. The summed E-state index contributed by atoms with van der Waals surface area (Å²) in [6.07, 6.45) is -5.57. The van der Waals surface area contributed by atoms with Gasteiger partial charge in [-0.05, 0) is 6.07 Å². The van der Waals surface area contributed by atoms with Crippen molar-refractivity contribution in [1.82, 2.24) is 0 Å². The first-order chi connectivity index (χ1) is 13.9. The summed E-state index contributed by atoms with van der Waals surface area (Å²) in [7, 11) is 1.44. The van der Waals surface area contributed by atoms with Crippen LogP contribution in [0.1, 0.15) is 5.76 Å². The molecule has 0 bridgehead atoms. The van der Waals surface area contributed by atoms with Crippen molar-refractivity contribution in [2.45, 2.75) is 37.3 Å². The smallest absolute Gasteiger partial charge is 0.196 e. The van der Waals surface area contributed by atoms with Gasteiger partial charge in [-0.1, -0.05) is 0 Å². The van der Waals surface area contributed by atoms with Crippen LogP contribution in [0.25, 0.3) is 21.9 Å². The van der Waals surface area contributed by atoms with Gasteiger partial charge in [0.05, 0.1) is 25.4 Å². The molecule has 1 aromatic carbocycles. The van der Waals surface area contributed by atoms with Gasteiger partial charge in [-0.25, -0.2) is 0 Å². The molecule has 3 aromatic rings. The molecule has 0 radical (unpaired) electrons. The Morgan fingerprint density at radius 3 is 2.62 bits per heavy atom. The number of furan rings is 1. The lowest BCUT2D eigenvalue weighted by Gasteiger charge is -2.39. The first-order valence-corrected chi connectivity index (χ1v) is 8.87. The third-order valence-electron chi connectivity index (χ3n) is 4.90. The first kappa shape index (κ1) is 19.8. The van der Waals surface area contributed by atoms with E-state index >= 15 is 0 Å². The van der Waals surface area contributed by atoms with E-state index in [-0.39, 0.29) is 28.8 Å². The van der Waals surface area contributed by atoms with Gasteiger partial charge in [0.25, 0.3) is 0 Å². The van der Waals surface area contributed by atoms with E-state index in [2.05, 4.69) is 0 Å². The van der Waals surface area contributed by atoms with Crippen molar-refractivity contribution in [3.8, 4) is 5.75 Å². The highest BCUT2D eigenvalue weighted by atomic mass is 16.7. The topological polar surface area (TPSA) is 152 Å². The summed E-state index contributed by atoms with van der Waals surface area (Å²) in [4.78, 5) is 12.6. The first-order valence-electron chi connectivity index (χ1n) is 8.87. The van der Waals surface area contributed by atoms with Crippen LogP contribution >= 0.6 is 0 Å². The van der Waals surface area contributed by atoms with Crippen LogP contribution in [0.4, 0.5) is 0 Å². The van der Waals surface area contributed by atoms with Crippen LogP contribution in [0.3, 0.4) is 0 Å². The highest BCUT2D eigenvalue weighted by Crippen LogP contribution is 2.34. The minimum atomic E-state index is -1.56. The van der Waals surface area contributed by atoms with Crippen molar-refractivity contribution in [2.75, 3.05) is 13.7 Å². The monoisotopic (exact) mass is 408 g/mol. The zero-order valence-corrected chi connectivity index (χ0v) is 15.3. The van der Waals surface area contributed by atoms with Gasteiger partial charge in [0.15, 0.2) is 11.7 Å². The Morgan fingerprint density at radius 2 is 1.90 bits per heavy atom. The lowest BCUT2D eigenvalue weighted by atomic mass is 9.99. The number of benzene rings is 1. The highest BCUT2D eigenvalue weighted by molar-refractivity contribution is 6.01. The van der Waals surface area contributed by atoms with E-state index in [9.17, 15) is 25.2 Å². The van der Waals surface area contributed by atoms with E-state index < -0.39 is 37.3 Å². The van der Waals surface area contributed by atoms with Gasteiger partial charge in [0, 0.05) is 12.1 Å². The van der Waals surface area contributed by atoms with Gasteiger partial charge >= 0.3 is 0 Å². The quantitative estimate of drug-likeness (QED) is 0.449. The van der Waals surface area contributed by atoms with Gasteiger partial charge < -0.3 is 43.5 Å². The predicted octanol–water partition coefficient (Wildman–Crippen LogP) is -0.136. The van der Waals surface area contributed by atoms with Crippen LogP contribution in [0.2, 0.25) is 0 Å². The molecule has 5 atom stereocenters. The zero-order valence-electron chi connectivity index (χ0n) is 15.3. The molecule has 4 rings (SSSR count). The maximum atomic E-state index is 12.6. The van der Waals surface area contributed by atoms with Gasteiger partial charge in [0.2, 0.25) is 0 Å². The molecule has 0 amide bonds. The van der Waals surface area contributed by atoms with Gasteiger partial charge in [-0.15, -0.1) is 0 Å². The molecule has 2 aromatic heterocycles. The van der Waals surface area contributed by atoms with Crippen LogP contribution in [-0.4, -0.2) is 64.8 Å². The molecule has 0 spiro atoms. The molecular weight excluding hydrogens is 388 g/mol. The second kappa shape index (κ2) is 7.75. The number of rotatable bonds is 5. The number of hydrogen-bond acceptors (Lipinski definition) is 10. The minimum Gasteiger partial charge on any atom is -0.495 e. The van der Waals surface area contributed by atoms with E-state index in [1.807, 2.05) is 0 Å². The highest BCUT2D eigenvalue weighted by Gasteiger charge is 2.44. The lowest BCUT2D eigenvalue weighted by Crippen LogP contribution is -2.59. The Bertz CT molecular complexity index is 1070. The van der Waals surface area contributed by atoms with Crippen molar-refractivity contribution in [2.24, 2.45) is 0 Å². The number of hydrogen-bond donors (Lipinski definition) is 4. The Hall–Kier alpha value is -2.47. The van der Waals surface area contributed by atoms with E-state index in [0.29, 0.717) is 16.7 Å². The van der Waals surface area contributed by atoms with Crippen LogP contribution in [0.5, 0.6) is 5.75 Å². The maximum absolute atomic E-state index is 12.6. The van der Waals surface area contributed by atoms with E-state index in [1.54, 1.807) is 12.1 Å². The van der Waals surface area contributed by atoms with Gasteiger partial charge in [-0.2, -0.15) is 0 Å². The molecule has 4 N–H and O–H groups in total. The molecule has 1 aliphatic rings. The molecule has 0 unspecified atom stereocenters. The van der Waals surface area contributed by atoms with Crippen molar-refractivity contribution in [3.63, 3.8) is 0 Å². The Labute approximate surface area is 163 Å². The molecule has 1 fully saturated rings.